The van der Waals surface area contributed by atoms with Crippen LogP contribution in [0.4, 0.5) is 17.1 Å². The van der Waals surface area contributed by atoms with Crippen molar-refractivity contribution in [3.05, 3.63) is 241 Å². The first-order valence-corrected chi connectivity index (χ1v) is 22.7. The molecule has 0 amide bonds. The molecule has 0 aliphatic carbocycles. The molecule has 66 heavy (non-hydrogen) atoms. The van der Waals surface area contributed by atoms with Crippen molar-refractivity contribution in [2.45, 2.75) is 27.7 Å². The molecule has 0 bridgehead atoms. The minimum Gasteiger partial charge on any atom is -0.310 e. The molecule has 0 aliphatic rings. The quantitative estimate of drug-likeness (QED) is 0.145. The molecule has 316 valence electrons. The van der Waals surface area contributed by atoms with Crippen LogP contribution >= 0.6 is 0 Å². The minimum absolute atomic E-state index is 0.737. The third kappa shape index (κ3) is 7.42. The van der Waals surface area contributed by atoms with E-state index in [0.717, 1.165) is 62.1 Å². The average molecular weight is 849 g/mol. The first-order chi connectivity index (χ1) is 32.4. The molecule has 11 aromatic rings. The number of aryl methyl sites for hydroxylation is 4. The number of anilines is 3. The molecule has 0 spiro atoms. The number of nitrogens with zero attached hydrogens (tertiary/aromatic N) is 4. The number of fused-ring (bicyclic) bond motifs is 3. The van der Waals surface area contributed by atoms with Crippen LogP contribution < -0.4 is 4.90 Å². The van der Waals surface area contributed by atoms with E-state index in [2.05, 4.69) is 256 Å². The Bertz CT molecular complexity index is 3450. The summed E-state index contributed by atoms with van der Waals surface area (Å²) in [5.41, 5.74) is 21.5. The van der Waals surface area contributed by atoms with Crippen LogP contribution in [0.15, 0.2) is 218 Å². The van der Waals surface area contributed by atoms with Gasteiger partial charge in [0.2, 0.25) is 0 Å². The predicted octanol–water partition coefficient (Wildman–Crippen LogP) is 16.6. The van der Waals surface area contributed by atoms with Crippen LogP contribution in [0.2, 0.25) is 0 Å². The molecule has 4 heteroatoms. The van der Waals surface area contributed by atoms with Crippen LogP contribution in [-0.4, -0.2) is 14.5 Å². The van der Waals surface area contributed by atoms with Gasteiger partial charge in [-0.3, -0.25) is 0 Å². The molecule has 0 saturated heterocycles. The van der Waals surface area contributed by atoms with Crippen LogP contribution in [0, 0.1) is 27.7 Å². The molecule has 0 unspecified atom stereocenters. The maximum Gasteiger partial charge on any atom is 0.160 e. The van der Waals surface area contributed by atoms with Gasteiger partial charge >= 0.3 is 0 Å². The zero-order valence-corrected chi connectivity index (χ0v) is 37.6. The van der Waals surface area contributed by atoms with Gasteiger partial charge in [0.1, 0.15) is 0 Å². The Labute approximate surface area is 386 Å². The highest BCUT2D eigenvalue weighted by Crippen LogP contribution is 2.41. The second-order valence-corrected chi connectivity index (χ2v) is 17.3. The molecule has 2 aromatic heterocycles. The van der Waals surface area contributed by atoms with Gasteiger partial charge in [-0.15, -0.1) is 0 Å². The van der Waals surface area contributed by atoms with E-state index in [-0.39, 0.29) is 0 Å². The lowest BCUT2D eigenvalue weighted by atomic mass is 9.95. The summed E-state index contributed by atoms with van der Waals surface area (Å²) >= 11 is 0. The summed E-state index contributed by atoms with van der Waals surface area (Å²) in [5, 5.41) is 2.46. The summed E-state index contributed by atoms with van der Waals surface area (Å²) in [7, 11) is 0. The molecule has 0 saturated carbocycles. The molecule has 2 heterocycles. The van der Waals surface area contributed by atoms with Gasteiger partial charge in [0.05, 0.1) is 22.4 Å². The molecule has 0 N–H and O–H groups in total. The van der Waals surface area contributed by atoms with Crippen LogP contribution in [0.1, 0.15) is 22.3 Å². The third-order valence-corrected chi connectivity index (χ3v) is 13.0. The largest absolute Gasteiger partial charge is 0.310 e. The summed E-state index contributed by atoms with van der Waals surface area (Å²) in [6.07, 6.45) is 0. The summed E-state index contributed by atoms with van der Waals surface area (Å²) < 4.78 is 2.44. The van der Waals surface area contributed by atoms with E-state index in [1.807, 2.05) is 0 Å². The Balaban J connectivity index is 0.906. The van der Waals surface area contributed by atoms with Crippen molar-refractivity contribution in [2.75, 3.05) is 4.90 Å². The molecule has 0 atom stereocenters. The van der Waals surface area contributed by atoms with Gasteiger partial charge in [0, 0.05) is 50.2 Å². The van der Waals surface area contributed by atoms with Crippen molar-refractivity contribution < 1.29 is 0 Å². The fourth-order valence-corrected chi connectivity index (χ4v) is 9.53. The Morgan fingerprint density at radius 1 is 0.333 bits per heavy atom. The standard InChI is InChI=1S/C62H48N4/c1-41-17-11-13-23-52(41)58-40-57(63-62(64-58)53-24-14-12-18-42(53)2)48-33-29-46(30-34-48)45-27-31-47(32-28-45)55-37-44(4)61(38-43(55)3)66-59-26-16-15-25-54(59)56-39-51(35-36-60(56)66)65(49-19-7-5-8-20-49)50-21-9-6-10-22-50/h5-40H,1-4H3. The van der Waals surface area contributed by atoms with Gasteiger partial charge < -0.3 is 9.47 Å². The lowest BCUT2D eigenvalue weighted by Gasteiger charge is -2.25. The van der Waals surface area contributed by atoms with E-state index < -0.39 is 0 Å². The van der Waals surface area contributed by atoms with Gasteiger partial charge in [-0.1, -0.05) is 152 Å². The van der Waals surface area contributed by atoms with Gasteiger partial charge in [-0.05, 0) is 139 Å². The lowest BCUT2D eigenvalue weighted by molar-refractivity contribution is 1.14. The molecule has 11 rings (SSSR count). The number of rotatable bonds is 9. The predicted molar refractivity (Wildman–Crippen MR) is 277 cm³/mol. The Kier molecular flexibility index (Phi) is 10.4. The van der Waals surface area contributed by atoms with Gasteiger partial charge in [0.25, 0.3) is 0 Å². The average Bonchev–Trinajstić information content (AvgIpc) is 3.69. The molecular weight excluding hydrogens is 801 g/mol. The van der Waals surface area contributed by atoms with Crippen molar-refractivity contribution in [1.82, 2.24) is 14.5 Å². The highest BCUT2D eigenvalue weighted by Gasteiger charge is 2.19. The monoisotopic (exact) mass is 848 g/mol. The van der Waals surface area contributed by atoms with Crippen LogP contribution in [0.25, 0.3) is 83.6 Å². The van der Waals surface area contributed by atoms with Crippen molar-refractivity contribution >= 4 is 38.9 Å². The number of aromatic nitrogens is 3. The number of hydrogen-bond acceptors (Lipinski definition) is 3. The summed E-state index contributed by atoms with van der Waals surface area (Å²) in [4.78, 5) is 12.5. The summed E-state index contributed by atoms with van der Waals surface area (Å²) in [5.74, 6) is 0.737. The Morgan fingerprint density at radius 2 is 0.864 bits per heavy atom. The van der Waals surface area contributed by atoms with E-state index in [9.17, 15) is 0 Å². The zero-order valence-electron chi connectivity index (χ0n) is 37.6. The van der Waals surface area contributed by atoms with Crippen molar-refractivity contribution in [3.8, 4) is 61.8 Å². The van der Waals surface area contributed by atoms with Crippen LogP contribution in [0.5, 0.6) is 0 Å². The van der Waals surface area contributed by atoms with Crippen molar-refractivity contribution in [3.63, 3.8) is 0 Å². The Morgan fingerprint density at radius 3 is 1.52 bits per heavy atom. The van der Waals surface area contributed by atoms with E-state index in [4.69, 9.17) is 9.97 Å². The molecule has 9 aromatic carbocycles. The summed E-state index contributed by atoms with van der Waals surface area (Å²) in [6, 6.07) is 78.2. The fourth-order valence-electron chi connectivity index (χ4n) is 9.53. The van der Waals surface area contributed by atoms with Crippen LogP contribution in [-0.2, 0) is 0 Å². The zero-order chi connectivity index (χ0) is 44.7. The fraction of sp³-hybridized carbons (Fsp3) is 0.0645. The highest BCUT2D eigenvalue weighted by atomic mass is 15.1. The second-order valence-electron chi connectivity index (χ2n) is 17.3. The van der Waals surface area contributed by atoms with E-state index in [1.165, 1.54) is 60.9 Å². The lowest BCUT2D eigenvalue weighted by Crippen LogP contribution is -2.09. The maximum atomic E-state index is 5.12. The summed E-state index contributed by atoms with van der Waals surface area (Å²) in [6.45, 7) is 8.72. The smallest absolute Gasteiger partial charge is 0.160 e. The molecule has 0 fully saturated rings. The van der Waals surface area contributed by atoms with Crippen LogP contribution in [0.3, 0.4) is 0 Å². The molecule has 0 radical (unpaired) electrons. The second kappa shape index (κ2) is 17.0. The van der Waals surface area contributed by atoms with Gasteiger partial charge in [-0.25, -0.2) is 9.97 Å². The molecule has 0 aliphatic heterocycles. The van der Waals surface area contributed by atoms with E-state index in [0.29, 0.717) is 0 Å². The van der Waals surface area contributed by atoms with Gasteiger partial charge in [0.15, 0.2) is 5.82 Å². The van der Waals surface area contributed by atoms with E-state index in [1.54, 1.807) is 0 Å². The first-order valence-electron chi connectivity index (χ1n) is 22.7. The molecule has 4 nitrogen and oxygen atoms in total. The van der Waals surface area contributed by atoms with Gasteiger partial charge in [-0.2, -0.15) is 0 Å². The number of para-hydroxylation sites is 3. The van der Waals surface area contributed by atoms with E-state index >= 15 is 0 Å². The Hall–Kier alpha value is -8.34. The number of hydrogen-bond donors (Lipinski definition) is 0. The maximum absolute atomic E-state index is 5.12. The first kappa shape index (κ1) is 40.4. The molecular formula is C62H48N4. The third-order valence-electron chi connectivity index (χ3n) is 13.0. The number of benzene rings is 9. The SMILES string of the molecule is Cc1cc(-n2c3ccccc3c3cc(N(c4ccccc4)c4ccccc4)ccc32)c(C)cc1-c1ccc(-c2ccc(-c3cc(-c4ccccc4C)nc(-c4ccccc4C)n3)cc2)cc1. The van der Waals surface area contributed by atoms with Crippen molar-refractivity contribution in [1.29, 1.82) is 0 Å². The normalized spacial score (nSPS) is 11.3. The van der Waals surface area contributed by atoms with Crippen molar-refractivity contribution in [2.24, 2.45) is 0 Å². The highest BCUT2D eigenvalue weighted by molar-refractivity contribution is 6.11. The topological polar surface area (TPSA) is 34.0 Å². The minimum atomic E-state index is 0.737.